The number of hydrogen-bond acceptors (Lipinski definition) is 4. The Morgan fingerprint density at radius 2 is 1.67 bits per heavy atom. The Hall–Kier alpha value is -3.43. The van der Waals surface area contributed by atoms with E-state index in [9.17, 15) is 22.4 Å². The van der Waals surface area contributed by atoms with Crippen molar-refractivity contribution in [2.45, 2.75) is 51.1 Å². The van der Waals surface area contributed by atoms with Crippen molar-refractivity contribution in [1.82, 2.24) is 10.2 Å². The fourth-order valence-electron chi connectivity index (χ4n) is 4.16. The summed E-state index contributed by atoms with van der Waals surface area (Å²) in [5, 5.41) is 3.14. The molecule has 10 heteroatoms. The number of anilines is 1. The molecule has 0 heterocycles. The van der Waals surface area contributed by atoms with Crippen LogP contribution in [0.3, 0.4) is 0 Å². The number of carbonyl (C=O) groups is 2. The van der Waals surface area contributed by atoms with Gasteiger partial charge in [-0.3, -0.25) is 13.9 Å². The maximum absolute atomic E-state index is 14.0. The van der Waals surface area contributed by atoms with Gasteiger partial charge in [-0.2, -0.15) is 0 Å². The zero-order chi connectivity index (χ0) is 28.6. The second-order valence-corrected chi connectivity index (χ2v) is 11.4. The van der Waals surface area contributed by atoms with Crippen molar-refractivity contribution >= 4 is 39.1 Å². The standard InChI is InChI=1S/C29H33ClFN3O4S/c1-4-17-32-29(36)26(5-2)33(19-22-12-15-24(31)16-13-22)28(35)20-34(27-18-23(30)14-11-21(27)3)39(37,38)25-9-7-6-8-10-25/h6-16,18,26H,4-5,17,19-20H2,1-3H3,(H,32,36)/t26-/m1/s1. The largest absolute Gasteiger partial charge is 0.354 e. The van der Waals surface area contributed by atoms with Crippen molar-refractivity contribution in [2.24, 2.45) is 0 Å². The van der Waals surface area contributed by atoms with Crippen molar-refractivity contribution < 1.29 is 22.4 Å². The number of rotatable bonds is 12. The summed E-state index contributed by atoms with van der Waals surface area (Å²) in [4.78, 5) is 28.4. The third-order valence-electron chi connectivity index (χ3n) is 6.25. The minimum atomic E-state index is -4.19. The molecule has 0 unspecified atom stereocenters. The SMILES string of the molecule is CCCNC(=O)[C@@H](CC)N(Cc1ccc(F)cc1)C(=O)CN(c1cc(Cl)ccc1C)S(=O)(=O)c1ccccc1. The van der Waals surface area contributed by atoms with Crippen molar-refractivity contribution in [2.75, 3.05) is 17.4 Å². The topological polar surface area (TPSA) is 86.8 Å². The highest BCUT2D eigenvalue weighted by Gasteiger charge is 2.34. The molecule has 0 saturated carbocycles. The minimum absolute atomic E-state index is 0.00901. The van der Waals surface area contributed by atoms with Crippen LogP contribution < -0.4 is 9.62 Å². The van der Waals surface area contributed by atoms with E-state index in [0.717, 1.165) is 4.31 Å². The molecule has 3 aromatic carbocycles. The molecule has 3 aromatic rings. The molecule has 0 fully saturated rings. The van der Waals surface area contributed by atoms with Gasteiger partial charge in [0.05, 0.1) is 10.6 Å². The van der Waals surface area contributed by atoms with Gasteiger partial charge in [-0.1, -0.05) is 61.8 Å². The fraction of sp³-hybridized carbons (Fsp3) is 0.310. The van der Waals surface area contributed by atoms with E-state index in [0.29, 0.717) is 35.5 Å². The van der Waals surface area contributed by atoms with Crippen LogP contribution in [0.2, 0.25) is 5.02 Å². The summed E-state index contributed by atoms with van der Waals surface area (Å²) in [6.07, 6.45) is 1.01. The highest BCUT2D eigenvalue weighted by atomic mass is 35.5. The first-order valence-corrected chi connectivity index (χ1v) is 14.6. The van der Waals surface area contributed by atoms with Crippen LogP contribution in [-0.2, 0) is 26.2 Å². The van der Waals surface area contributed by atoms with Gasteiger partial charge in [0, 0.05) is 18.1 Å². The summed E-state index contributed by atoms with van der Waals surface area (Å²) in [5.74, 6) is -1.36. The van der Waals surface area contributed by atoms with Gasteiger partial charge in [-0.05, 0) is 67.3 Å². The Bertz CT molecular complexity index is 1390. The number of carbonyl (C=O) groups excluding carboxylic acids is 2. The van der Waals surface area contributed by atoms with E-state index < -0.39 is 34.3 Å². The lowest BCUT2D eigenvalue weighted by atomic mass is 10.1. The molecule has 0 aliphatic rings. The van der Waals surface area contributed by atoms with Crippen LogP contribution >= 0.6 is 11.6 Å². The third kappa shape index (κ3) is 7.58. The first-order chi connectivity index (χ1) is 18.6. The predicted octanol–water partition coefficient (Wildman–Crippen LogP) is 5.32. The van der Waals surface area contributed by atoms with Crippen LogP contribution in [-0.4, -0.2) is 44.3 Å². The fourth-order valence-corrected chi connectivity index (χ4v) is 5.81. The van der Waals surface area contributed by atoms with Crippen LogP contribution in [0, 0.1) is 12.7 Å². The summed E-state index contributed by atoms with van der Waals surface area (Å²) in [7, 11) is -4.19. The Labute approximate surface area is 234 Å². The molecule has 0 saturated heterocycles. The number of hydrogen-bond donors (Lipinski definition) is 1. The van der Waals surface area contributed by atoms with Crippen LogP contribution in [0.25, 0.3) is 0 Å². The van der Waals surface area contributed by atoms with Gasteiger partial charge in [0.1, 0.15) is 18.4 Å². The number of sulfonamides is 1. The van der Waals surface area contributed by atoms with E-state index in [1.165, 1.54) is 47.4 Å². The number of halogens is 2. The lowest BCUT2D eigenvalue weighted by Gasteiger charge is -2.33. The van der Waals surface area contributed by atoms with Crippen LogP contribution in [0.15, 0.2) is 77.7 Å². The smallest absolute Gasteiger partial charge is 0.264 e. The second-order valence-electron chi connectivity index (χ2n) is 9.12. The molecule has 2 amide bonds. The van der Waals surface area contributed by atoms with Gasteiger partial charge < -0.3 is 10.2 Å². The summed E-state index contributed by atoms with van der Waals surface area (Å²) in [5.41, 5.74) is 1.46. The Kier molecular flexibility index (Phi) is 10.5. The van der Waals surface area contributed by atoms with Gasteiger partial charge in [0.15, 0.2) is 0 Å². The molecule has 0 bridgehead atoms. The molecular formula is C29H33ClFN3O4S. The van der Waals surface area contributed by atoms with Crippen molar-refractivity contribution in [3.8, 4) is 0 Å². The van der Waals surface area contributed by atoms with Gasteiger partial charge in [0.25, 0.3) is 10.0 Å². The Balaban J connectivity index is 2.07. The Morgan fingerprint density at radius 1 is 1.00 bits per heavy atom. The molecule has 1 N–H and O–H groups in total. The molecule has 208 valence electrons. The summed E-state index contributed by atoms with van der Waals surface area (Å²) < 4.78 is 42.3. The molecule has 1 atom stereocenters. The van der Waals surface area contributed by atoms with E-state index in [1.54, 1.807) is 44.2 Å². The highest BCUT2D eigenvalue weighted by Crippen LogP contribution is 2.30. The van der Waals surface area contributed by atoms with E-state index in [2.05, 4.69) is 5.32 Å². The monoisotopic (exact) mass is 573 g/mol. The average Bonchev–Trinajstić information content (AvgIpc) is 2.93. The van der Waals surface area contributed by atoms with Gasteiger partial charge >= 0.3 is 0 Å². The summed E-state index contributed by atoms with van der Waals surface area (Å²) >= 11 is 6.24. The number of nitrogens with zero attached hydrogens (tertiary/aromatic N) is 2. The first-order valence-electron chi connectivity index (χ1n) is 12.7. The molecule has 7 nitrogen and oxygen atoms in total. The molecule has 0 radical (unpaired) electrons. The van der Waals surface area contributed by atoms with Crippen molar-refractivity contribution in [3.63, 3.8) is 0 Å². The molecule has 3 rings (SSSR count). The quantitative estimate of drug-likeness (QED) is 0.318. The zero-order valence-electron chi connectivity index (χ0n) is 22.2. The lowest BCUT2D eigenvalue weighted by Crippen LogP contribution is -2.52. The molecular weight excluding hydrogens is 541 g/mol. The number of amides is 2. The van der Waals surface area contributed by atoms with Crippen molar-refractivity contribution in [1.29, 1.82) is 0 Å². The Morgan fingerprint density at radius 3 is 2.28 bits per heavy atom. The van der Waals surface area contributed by atoms with Crippen LogP contribution in [0.1, 0.15) is 37.8 Å². The van der Waals surface area contributed by atoms with Crippen molar-refractivity contribution in [3.05, 3.63) is 94.8 Å². The number of nitrogens with one attached hydrogen (secondary N) is 1. The van der Waals surface area contributed by atoms with E-state index in [1.807, 2.05) is 6.92 Å². The predicted molar refractivity (Wildman–Crippen MR) is 151 cm³/mol. The zero-order valence-corrected chi connectivity index (χ0v) is 23.8. The maximum Gasteiger partial charge on any atom is 0.264 e. The van der Waals surface area contributed by atoms with Gasteiger partial charge in [0.2, 0.25) is 11.8 Å². The average molecular weight is 574 g/mol. The first kappa shape index (κ1) is 30.1. The molecule has 0 aliphatic heterocycles. The minimum Gasteiger partial charge on any atom is -0.354 e. The normalized spacial score (nSPS) is 12.0. The second kappa shape index (κ2) is 13.6. The third-order valence-corrected chi connectivity index (χ3v) is 8.26. The van der Waals surface area contributed by atoms with Crippen LogP contribution in [0.5, 0.6) is 0 Å². The van der Waals surface area contributed by atoms with Crippen LogP contribution in [0.4, 0.5) is 10.1 Å². The highest BCUT2D eigenvalue weighted by molar-refractivity contribution is 7.92. The maximum atomic E-state index is 14.0. The molecule has 0 aliphatic carbocycles. The number of aryl methyl sites for hydroxylation is 1. The summed E-state index contributed by atoms with van der Waals surface area (Å²) in [6, 6.07) is 17.4. The van der Waals surface area contributed by atoms with E-state index >= 15 is 0 Å². The van der Waals surface area contributed by atoms with E-state index in [-0.39, 0.29) is 23.0 Å². The van der Waals surface area contributed by atoms with E-state index in [4.69, 9.17) is 11.6 Å². The van der Waals surface area contributed by atoms with Gasteiger partial charge in [-0.15, -0.1) is 0 Å². The summed E-state index contributed by atoms with van der Waals surface area (Å²) in [6.45, 7) is 5.28. The molecule has 0 aromatic heterocycles. The van der Waals surface area contributed by atoms with Gasteiger partial charge in [-0.25, -0.2) is 12.8 Å². The molecule has 0 spiro atoms. The number of benzene rings is 3. The lowest BCUT2D eigenvalue weighted by molar-refractivity contribution is -0.140. The molecule has 39 heavy (non-hydrogen) atoms.